The van der Waals surface area contributed by atoms with E-state index in [1.807, 2.05) is 0 Å². The lowest BCUT2D eigenvalue weighted by Gasteiger charge is -2.19. The van der Waals surface area contributed by atoms with Crippen molar-refractivity contribution >= 4 is 17.7 Å². The van der Waals surface area contributed by atoms with E-state index in [0.29, 0.717) is 18.2 Å². The van der Waals surface area contributed by atoms with E-state index in [4.69, 9.17) is 5.73 Å². The van der Waals surface area contributed by atoms with E-state index in [9.17, 15) is 4.79 Å². The number of hydrogen-bond donors (Lipinski definition) is 2. The highest BCUT2D eigenvalue weighted by Gasteiger charge is 2.27. The van der Waals surface area contributed by atoms with Gasteiger partial charge in [0.1, 0.15) is 0 Å². The van der Waals surface area contributed by atoms with Gasteiger partial charge in [0, 0.05) is 10.9 Å². The van der Waals surface area contributed by atoms with Crippen molar-refractivity contribution < 1.29 is 4.79 Å². The van der Waals surface area contributed by atoms with Crippen molar-refractivity contribution in [1.29, 1.82) is 0 Å². The van der Waals surface area contributed by atoms with E-state index in [-0.39, 0.29) is 11.9 Å². The van der Waals surface area contributed by atoms with E-state index in [2.05, 4.69) is 37.4 Å². The van der Waals surface area contributed by atoms with Gasteiger partial charge in [-0.15, -0.1) is 11.8 Å². The molecule has 1 aromatic carbocycles. The maximum atomic E-state index is 12.1. The van der Waals surface area contributed by atoms with Crippen LogP contribution >= 0.6 is 11.8 Å². The molecule has 0 aromatic heterocycles. The molecular formula is C16H24N2OS. The Bertz CT molecular complexity index is 476. The van der Waals surface area contributed by atoms with E-state index < -0.39 is 0 Å². The average Bonchev–Trinajstić information content (AvgIpc) is 2.87. The van der Waals surface area contributed by atoms with Crippen LogP contribution in [0.1, 0.15) is 30.4 Å². The van der Waals surface area contributed by atoms with Gasteiger partial charge in [-0.05, 0) is 50.8 Å². The van der Waals surface area contributed by atoms with Crippen molar-refractivity contribution in [3.63, 3.8) is 0 Å². The highest BCUT2D eigenvalue weighted by Crippen LogP contribution is 2.26. The van der Waals surface area contributed by atoms with Crippen LogP contribution < -0.4 is 11.1 Å². The van der Waals surface area contributed by atoms with Crippen LogP contribution in [0.15, 0.2) is 23.1 Å². The molecule has 1 aliphatic rings. The van der Waals surface area contributed by atoms with Gasteiger partial charge in [-0.25, -0.2) is 0 Å². The Morgan fingerprint density at radius 2 is 2.20 bits per heavy atom. The summed E-state index contributed by atoms with van der Waals surface area (Å²) in [6.45, 7) is 4.84. The molecule has 20 heavy (non-hydrogen) atoms. The molecule has 0 spiro atoms. The molecule has 4 heteroatoms. The number of thioether (sulfide) groups is 1. The third kappa shape index (κ3) is 4.00. The lowest BCUT2D eigenvalue weighted by Crippen LogP contribution is -2.40. The fraction of sp³-hybridized carbons (Fsp3) is 0.562. The summed E-state index contributed by atoms with van der Waals surface area (Å²) in [5.41, 5.74) is 8.21. The van der Waals surface area contributed by atoms with E-state index in [1.54, 1.807) is 11.8 Å². The van der Waals surface area contributed by atoms with E-state index in [1.165, 1.54) is 22.4 Å². The minimum Gasteiger partial charge on any atom is -0.352 e. The first kappa shape index (κ1) is 15.4. The Labute approximate surface area is 125 Å². The summed E-state index contributed by atoms with van der Waals surface area (Å²) in [4.78, 5) is 13.3. The van der Waals surface area contributed by atoms with Gasteiger partial charge in [0.2, 0.25) is 5.91 Å². The third-order valence-corrected chi connectivity index (χ3v) is 5.17. The molecule has 0 radical (unpaired) electrons. The summed E-state index contributed by atoms with van der Waals surface area (Å²) in [5, 5.41) is 3.14. The Kier molecular flexibility index (Phi) is 5.49. The topological polar surface area (TPSA) is 55.1 Å². The molecule has 3 N–H and O–H groups in total. The molecule has 0 aliphatic heterocycles. The molecule has 2 atom stereocenters. The molecule has 0 heterocycles. The van der Waals surface area contributed by atoms with Crippen molar-refractivity contribution in [3.05, 3.63) is 29.3 Å². The maximum absolute atomic E-state index is 12.1. The van der Waals surface area contributed by atoms with Crippen LogP contribution in [0.3, 0.4) is 0 Å². The van der Waals surface area contributed by atoms with Crippen LogP contribution in [0.2, 0.25) is 0 Å². The lowest BCUT2D eigenvalue weighted by molar-refractivity contribution is -0.119. The van der Waals surface area contributed by atoms with E-state index >= 15 is 0 Å². The van der Waals surface area contributed by atoms with Crippen molar-refractivity contribution in [1.82, 2.24) is 5.32 Å². The van der Waals surface area contributed by atoms with Gasteiger partial charge >= 0.3 is 0 Å². The van der Waals surface area contributed by atoms with Gasteiger partial charge in [0.15, 0.2) is 0 Å². The number of benzene rings is 1. The Hall–Kier alpha value is -1.00. The number of carbonyl (C=O) groups is 1. The summed E-state index contributed by atoms with van der Waals surface area (Å²) in [6, 6.07) is 6.64. The molecule has 2 unspecified atom stereocenters. The molecule has 2 rings (SSSR count). The van der Waals surface area contributed by atoms with Crippen LogP contribution in [0.5, 0.6) is 0 Å². The first-order chi connectivity index (χ1) is 9.60. The number of rotatable bonds is 5. The van der Waals surface area contributed by atoms with Crippen molar-refractivity contribution in [2.24, 2.45) is 11.7 Å². The predicted octanol–water partition coefficient (Wildman–Crippen LogP) is 2.64. The minimum absolute atomic E-state index is 0.126. The van der Waals surface area contributed by atoms with Crippen LogP contribution in [-0.2, 0) is 4.79 Å². The Morgan fingerprint density at radius 3 is 2.95 bits per heavy atom. The Balaban J connectivity index is 1.84. The second kappa shape index (κ2) is 7.14. The molecule has 1 aliphatic carbocycles. The predicted molar refractivity (Wildman–Crippen MR) is 85.0 cm³/mol. The van der Waals surface area contributed by atoms with Gasteiger partial charge in [-0.3, -0.25) is 4.79 Å². The molecule has 3 nitrogen and oxygen atoms in total. The zero-order valence-electron chi connectivity index (χ0n) is 12.3. The standard InChI is InChI=1S/C16H24N2OS/c1-11-6-7-12(2)15(8-11)20-10-16(19)18-14-5-3-4-13(14)9-17/h6-8,13-14H,3-5,9-10,17H2,1-2H3,(H,18,19). The van der Waals surface area contributed by atoms with Gasteiger partial charge in [0.05, 0.1) is 5.75 Å². The summed E-state index contributed by atoms with van der Waals surface area (Å²) >= 11 is 1.62. The second-order valence-corrected chi connectivity index (χ2v) is 6.68. The SMILES string of the molecule is Cc1ccc(C)c(SCC(=O)NC2CCCC2CN)c1. The summed E-state index contributed by atoms with van der Waals surface area (Å²) in [6.07, 6.45) is 3.39. The molecule has 1 fully saturated rings. The highest BCUT2D eigenvalue weighted by atomic mass is 32.2. The zero-order chi connectivity index (χ0) is 14.5. The van der Waals surface area contributed by atoms with E-state index in [0.717, 1.165) is 12.8 Å². The maximum Gasteiger partial charge on any atom is 0.230 e. The molecule has 1 amide bonds. The van der Waals surface area contributed by atoms with Gasteiger partial charge in [-0.1, -0.05) is 24.1 Å². The fourth-order valence-electron chi connectivity index (χ4n) is 2.76. The number of carbonyl (C=O) groups excluding carboxylic acids is 1. The normalized spacial score (nSPS) is 21.9. The number of nitrogens with two attached hydrogens (primary N) is 1. The monoisotopic (exact) mass is 292 g/mol. The molecule has 0 bridgehead atoms. The first-order valence-electron chi connectivity index (χ1n) is 7.29. The van der Waals surface area contributed by atoms with Gasteiger partial charge < -0.3 is 11.1 Å². The number of nitrogens with one attached hydrogen (secondary N) is 1. The number of aryl methyl sites for hydroxylation is 2. The highest BCUT2D eigenvalue weighted by molar-refractivity contribution is 8.00. The second-order valence-electron chi connectivity index (χ2n) is 5.66. The molecule has 1 aromatic rings. The van der Waals surface area contributed by atoms with Crippen molar-refractivity contribution in [2.45, 2.75) is 44.0 Å². The largest absolute Gasteiger partial charge is 0.352 e. The van der Waals surface area contributed by atoms with Crippen molar-refractivity contribution in [3.8, 4) is 0 Å². The van der Waals surface area contributed by atoms with Crippen molar-refractivity contribution in [2.75, 3.05) is 12.3 Å². The van der Waals surface area contributed by atoms with Gasteiger partial charge in [-0.2, -0.15) is 0 Å². The molecule has 1 saturated carbocycles. The quantitative estimate of drug-likeness (QED) is 0.820. The van der Waals surface area contributed by atoms with Crippen LogP contribution in [0.4, 0.5) is 0 Å². The Morgan fingerprint density at radius 1 is 1.40 bits per heavy atom. The van der Waals surface area contributed by atoms with Crippen LogP contribution in [-0.4, -0.2) is 24.2 Å². The summed E-state index contributed by atoms with van der Waals surface area (Å²) < 4.78 is 0. The number of hydrogen-bond acceptors (Lipinski definition) is 3. The lowest BCUT2D eigenvalue weighted by atomic mass is 10.0. The molecular weight excluding hydrogens is 268 g/mol. The third-order valence-electron chi connectivity index (χ3n) is 4.01. The summed E-state index contributed by atoms with van der Waals surface area (Å²) in [5.74, 6) is 1.07. The zero-order valence-corrected chi connectivity index (χ0v) is 13.1. The minimum atomic E-state index is 0.126. The average molecular weight is 292 g/mol. The fourth-order valence-corrected chi connectivity index (χ4v) is 3.70. The first-order valence-corrected chi connectivity index (χ1v) is 8.28. The molecule has 110 valence electrons. The summed E-state index contributed by atoms with van der Waals surface area (Å²) in [7, 11) is 0. The molecule has 0 saturated heterocycles. The van der Waals surface area contributed by atoms with Gasteiger partial charge in [0.25, 0.3) is 0 Å². The van der Waals surface area contributed by atoms with Crippen LogP contribution in [0, 0.1) is 19.8 Å². The van der Waals surface area contributed by atoms with Crippen LogP contribution in [0.25, 0.3) is 0 Å². The smallest absolute Gasteiger partial charge is 0.230 e. The number of amides is 1.